The molecule has 0 radical (unpaired) electrons. The molecule has 5 rings (SSSR count). The van der Waals surface area contributed by atoms with Crippen molar-refractivity contribution in [2.75, 3.05) is 11.9 Å². The summed E-state index contributed by atoms with van der Waals surface area (Å²) < 4.78 is 27.3. The van der Waals surface area contributed by atoms with E-state index in [1.807, 2.05) is 12.1 Å². The van der Waals surface area contributed by atoms with Crippen molar-refractivity contribution in [1.29, 1.82) is 0 Å². The van der Waals surface area contributed by atoms with Crippen LogP contribution in [0.5, 0.6) is 0 Å². The number of benzene rings is 1. The second-order valence-corrected chi connectivity index (χ2v) is 7.13. The van der Waals surface area contributed by atoms with Gasteiger partial charge in [0.05, 0.1) is 23.6 Å². The van der Waals surface area contributed by atoms with Crippen LogP contribution in [0.4, 0.5) is 20.4 Å². The summed E-state index contributed by atoms with van der Waals surface area (Å²) in [5, 5.41) is 9.36. The summed E-state index contributed by atoms with van der Waals surface area (Å²) >= 11 is 6.19. The monoisotopic (exact) mass is 438 g/mol. The molecule has 0 aliphatic carbocycles. The summed E-state index contributed by atoms with van der Waals surface area (Å²) in [5.74, 6) is 1.50. The van der Waals surface area contributed by atoms with E-state index >= 15 is 0 Å². The number of pyridine rings is 1. The zero-order chi connectivity index (χ0) is 21.5. The first-order valence-corrected chi connectivity index (χ1v) is 9.48. The number of anilines is 2. The summed E-state index contributed by atoms with van der Waals surface area (Å²) in [7, 11) is 1.80. The molecule has 0 unspecified atom stereocenters. The molecule has 0 saturated carbocycles. The van der Waals surface area contributed by atoms with Gasteiger partial charge in [0.15, 0.2) is 5.82 Å². The van der Waals surface area contributed by atoms with E-state index in [0.29, 0.717) is 33.7 Å². The van der Waals surface area contributed by atoms with Crippen molar-refractivity contribution in [3.63, 3.8) is 0 Å². The molecule has 1 aromatic carbocycles. The number of alkyl halides is 2. The van der Waals surface area contributed by atoms with Crippen molar-refractivity contribution in [2.45, 2.75) is 6.43 Å². The Morgan fingerprint density at radius 3 is 2.71 bits per heavy atom. The van der Waals surface area contributed by atoms with Gasteiger partial charge >= 0.3 is 0 Å². The van der Waals surface area contributed by atoms with Gasteiger partial charge in [-0.2, -0.15) is 4.98 Å². The molecule has 0 aliphatic rings. The van der Waals surface area contributed by atoms with Gasteiger partial charge in [0, 0.05) is 29.2 Å². The molecule has 4 heterocycles. The molecule has 0 saturated heterocycles. The van der Waals surface area contributed by atoms with Crippen LogP contribution in [0.3, 0.4) is 0 Å². The predicted octanol–water partition coefficient (Wildman–Crippen LogP) is 4.49. The molecular formula is C20H13ClF2N8. The highest BCUT2D eigenvalue weighted by Crippen LogP contribution is 2.31. The summed E-state index contributed by atoms with van der Waals surface area (Å²) in [4.78, 5) is 19.0. The van der Waals surface area contributed by atoms with Crippen molar-refractivity contribution in [3.05, 3.63) is 66.0 Å². The highest BCUT2D eigenvalue weighted by molar-refractivity contribution is 6.31. The van der Waals surface area contributed by atoms with Crippen LogP contribution in [-0.4, -0.2) is 41.6 Å². The summed E-state index contributed by atoms with van der Waals surface area (Å²) in [6.45, 7) is 0. The van der Waals surface area contributed by atoms with Crippen LogP contribution in [0.1, 0.15) is 12.1 Å². The van der Waals surface area contributed by atoms with Crippen LogP contribution in [0.2, 0.25) is 5.02 Å². The first kappa shape index (κ1) is 19.2. The fourth-order valence-electron chi connectivity index (χ4n) is 3.23. The van der Waals surface area contributed by atoms with E-state index in [9.17, 15) is 8.78 Å². The lowest BCUT2D eigenvalue weighted by molar-refractivity contribution is 0.146. The third-order valence-electron chi connectivity index (χ3n) is 4.78. The van der Waals surface area contributed by atoms with E-state index < -0.39 is 6.43 Å². The number of halogens is 3. The highest BCUT2D eigenvalue weighted by atomic mass is 35.5. The standard InChI is InChI=1S/C20H13ClF2N8/c1-30(17-9-24-8-15(27-17)11-2-5-14(18(22)23)25-7-11)19-13-4-3-12(21)6-16(13)31-10-26-29-20(31)28-19/h2-10,18H,1H3. The smallest absolute Gasteiger partial charge is 0.280 e. The summed E-state index contributed by atoms with van der Waals surface area (Å²) in [6, 6.07) is 8.26. The average Bonchev–Trinajstić information content (AvgIpc) is 3.27. The van der Waals surface area contributed by atoms with E-state index in [0.717, 1.165) is 10.9 Å². The van der Waals surface area contributed by atoms with Crippen LogP contribution in [-0.2, 0) is 0 Å². The van der Waals surface area contributed by atoms with Crippen molar-refractivity contribution >= 4 is 39.9 Å². The van der Waals surface area contributed by atoms with Gasteiger partial charge in [-0.3, -0.25) is 14.4 Å². The Kier molecular flexibility index (Phi) is 4.63. The Labute approximate surface area is 179 Å². The van der Waals surface area contributed by atoms with Crippen LogP contribution in [0.25, 0.3) is 27.9 Å². The van der Waals surface area contributed by atoms with Gasteiger partial charge in [0.2, 0.25) is 0 Å². The van der Waals surface area contributed by atoms with Gasteiger partial charge < -0.3 is 4.90 Å². The summed E-state index contributed by atoms with van der Waals surface area (Å²) in [6.07, 6.45) is 3.43. The van der Waals surface area contributed by atoms with Gasteiger partial charge in [-0.15, -0.1) is 10.2 Å². The molecule has 11 heteroatoms. The lowest BCUT2D eigenvalue weighted by atomic mass is 10.2. The molecule has 31 heavy (non-hydrogen) atoms. The minimum absolute atomic E-state index is 0.291. The first-order valence-electron chi connectivity index (χ1n) is 9.10. The van der Waals surface area contributed by atoms with E-state index in [2.05, 4.69) is 30.1 Å². The molecule has 0 spiro atoms. The maximum Gasteiger partial charge on any atom is 0.280 e. The van der Waals surface area contributed by atoms with E-state index in [1.54, 1.807) is 47.2 Å². The molecule has 0 N–H and O–H groups in total. The quantitative estimate of drug-likeness (QED) is 0.408. The van der Waals surface area contributed by atoms with Crippen molar-refractivity contribution in [1.82, 2.24) is 34.5 Å². The molecule has 0 bridgehead atoms. The maximum absolute atomic E-state index is 12.8. The molecule has 0 aliphatic heterocycles. The SMILES string of the molecule is CN(c1cncc(-c2ccc(C(F)F)nc2)n1)c1nc2nncn2c2cc(Cl)ccc12. The normalized spacial score (nSPS) is 11.5. The third-order valence-corrected chi connectivity index (χ3v) is 5.02. The van der Waals surface area contributed by atoms with E-state index in [-0.39, 0.29) is 5.69 Å². The number of aromatic nitrogens is 7. The van der Waals surface area contributed by atoms with Crippen LogP contribution >= 0.6 is 11.6 Å². The predicted molar refractivity (Wildman–Crippen MR) is 112 cm³/mol. The zero-order valence-electron chi connectivity index (χ0n) is 16.0. The molecule has 4 aromatic heterocycles. The van der Waals surface area contributed by atoms with Crippen molar-refractivity contribution in [2.24, 2.45) is 0 Å². The number of fused-ring (bicyclic) bond motifs is 3. The molecule has 5 aromatic rings. The molecule has 0 fully saturated rings. The van der Waals surface area contributed by atoms with Gasteiger partial charge in [-0.25, -0.2) is 13.8 Å². The second-order valence-electron chi connectivity index (χ2n) is 6.69. The average molecular weight is 439 g/mol. The van der Waals surface area contributed by atoms with Crippen LogP contribution in [0, 0.1) is 0 Å². The van der Waals surface area contributed by atoms with Crippen LogP contribution in [0.15, 0.2) is 55.2 Å². The van der Waals surface area contributed by atoms with Crippen LogP contribution < -0.4 is 4.90 Å². The molecule has 154 valence electrons. The number of hydrogen-bond acceptors (Lipinski definition) is 7. The number of nitrogens with zero attached hydrogens (tertiary/aromatic N) is 8. The number of rotatable bonds is 4. The Balaban J connectivity index is 1.60. The lowest BCUT2D eigenvalue weighted by Gasteiger charge is -2.19. The molecule has 8 nitrogen and oxygen atoms in total. The van der Waals surface area contributed by atoms with Gasteiger partial charge in [0.1, 0.15) is 17.8 Å². The Morgan fingerprint density at radius 2 is 1.94 bits per heavy atom. The summed E-state index contributed by atoms with van der Waals surface area (Å²) in [5.41, 5.74) is 1.57. The third kappa shape index (κ3) is 3.40. The van der Waals surface area contributed by atoms with E-state index in [1.165, 1.54) is 12.3 Å². The van der Waals surface area contributed by atoms with Gasteiger partial charge in [0.25, 0.3) is 12.2 Å². The van der Waals surface area contributed by atoms with Gasteiger partial charge in [-0.05, 0) is 30.3 Å². The highest BCUT2D eigenvalue weighted by Gasteiger charge is 2.17. The fraction of sp³-hybridized carbons (Fsp3) is 0.100. The maximum atomic E-state index is 12.8. The van der Waals surface area contributed by atoms with Gasteiger partial charge in [-0.1, -0.05) is 11.6 Å². The minimum Gasteiger partial charge on any atom is -0.312 e. The fourth-order valence-corrected chi connectivity index (χ4v) is 3.40. The van der Waals surface area contributed by atoms with Crippen molar-refractivity contribution in [3.8, 4) is 11.3 Å². The Hall–Kier alpha value is -3.79. The first-order chi connectivity index (χ1) is 15.0. The zero-order valence-corrected chi connectivity index (χ0v) is 16.7. The second kappa shape index (κ2) is 7.47. The Bertz CT molecular complexity index is 1400. The Morgan fingerprint density at radius 1 is 1.06 bits per heavy atom. The molecule has 0 atom stereocenters. The topological polar surface area (TPSA) is 85.0 Å². The molecular weight excluding hydrogens is 426 g/mol. The largest absolute Gasteiger partial charge is 0.312 e. The lowest BCUT2D eigenvalue weighted by Crippen LogP contribution is -2.15. The molecule has 0 amide bonds. The minimum atomic E-state index is -2.63. The number of hydrogen-bond donors (Lipinski definition) is 0. The van der Waals surface area contributed by atoms with Crippen molar-refractivity contribution < 1.29 is 8.78 Å². The van der Waals surface area contributed by atoms with E-state index in [4.69, 9.17) is 11.6 Å².